The number of pyridine rings is 1. The minimum absolute atomic E-state index is 0.858. The third-order valence-electron chi connectivity index (χ3n) is 2.82. The summed E-state index contributed by atoms with van der Waals surface area (Å²) in [6.07, 6.45) is 7.77. The van der Waals surface area contributed by atoms with Gasteiger partial charge in [-0.25, -0.2) is 0 Å². The van der Waals surface area contributed by atoms with Crippen LogP contribution < -0.4 is 5.32 Å². The molecular weight excluding hydrogens is 292 g/mol. The first-order valence-electron chi connectivity index (χ1n) is 6.04. The summed E-state index contributed by atoms with van der Waals surface area (Å²) in [5, 5.41) is 10.4. The van der Waals surface area contributed by atoms with Gasteiger partial charge in [0, 0.05) is 29.1 Å². The van der Waals surface area contributed by atoms with Crippen molar-refractivity contribution in [2.24, 2.45) is 0 Å². The van der Waals surface area contributed by atoms with E-state index in [4.69, 9.17) is 0 Å². The van der Waals surface area contributed by atoms with Crippen molar-refractivity contribution >= 4 is 15.9 Å². The summed E-state index contributed by atoms with van der Waals surface area (Å²) in [5.74, 6) is 0. The predicted molar refractivity (Wildman–Crippen MR) is 75.3 cm³/mol. The SMILES string of the molecule is Cc1[nH]ncc1CCCNCc1cncc(Br)c1. The molecule has 5 heteroatoms. The molecule has 2 rings (SSSR count). The molecule has 0 saturated heterocycles. The number of aromatic amines is 1. The minimum Gasteiger partial charge on any atom is -0.313 e. The van der Waals surface area contributed by atoms with E-state index in [0.717, 1.165) is 30.4 Å². The molecule has 18 heavy (non-hydrogen) atoms. The topological polar surface area (TPSA) is 53.6 Å². The van der Waals surface area contributed by atoms with E-state index in [-0.39, 0.29) is 0 Å². The summed E-state index contributed by atoms with van der Waals surface area (Å²) in [7, 11) is 0. The Morgan fingerprint density at radius 1 is 1.33 bits per heavy atom. The summed E-state index contributed by atoms with van der Waals surface area (Å²) < 4.78 is 1.02. The first-order valence-corrected chi connectivity index (χ1v) is 6.84. The molecule has 2 N–H and O–H groups in total. The highest BCUT2D eigenvalue weighted by molar-refractivity contribution is 9.10. The van der Waals surface area contributed by atoms with Crippen molar-refractivity contribution in [1.82, 2.24) is 20.5 Å². The normalized spacial score (nSPS) is 10.8. The van der Waals surface area contributed by atoms with Gasteiger partial charge in [0.25, 0.3) is 0 Å². The largest absolute Gasteiger partial charge is 0.313 e. The highest BCUT2D eigenvalue weighted by atomic mass is 79.9. The van der Waals surface area contributed by atoms with Gasteiger partial charge < -0.3 is 5.32 Å². The lowest BCUT2D eigenvalue weighted by molar-refractivity contribution is 0.647. The van der Waals surface area contributed by atoms with Gasteiger partial charge in [-0.1, -0.05) is 0 Å². The van der Waals surface area contributed by atoms with Crippen LogP contribution in [0.1, 0.15) is 23.2 Å². The zero-order valence-corrected chi connectivity index (χ0v) is 12.0. The maximum atomic E-state index is 4.14. The average Bonchev–Trinajstić information content (AvgIpc) is 2.75. The van der Waals surface area contributed by atoms with Gasteiger partial charge in [-0.2, -0.15) is 5.10 Å². The molecule has 0 aromatic carbocycles. The molecule has 0 aliphatic rings. The molecule has 0 atom stereocenters. The molecule has 0 saturated carbocycles. The molecule has 0 bridgehead atoms. The maximum Gasteiger partial charge on any atom is 0.0522 e. The van der Waals surface area contributed by atoms with Gasteiger partial charge in [-0.3, -0.25) is 10.1 Å². The van der Waals surface area contributed by atoms with E-state index in [0.29, 0.717) is 0 Å². The van der Waals surface area contributed by atoms with Crippen LogP contribution in [0.5, 0.6) is 0 Å². The number of nitrogens with one attached hydrogen (secondary N) is 2. The summed E-state index contributed by atoms with van der Waals surface area (Å²) in [6, 6.07) is 2.08. The molecule has 96 valence electrons. The number of aryl methyl sites for hydroxylation is 2. The smallest absolute Gasteiger partial charge is 0.0522 e. The van der Waals surface area contributed by atoms with E-state index >= 15 is 0 Å². The lowest BCUT2D eigenvalue weighted by Crippen LogP contribution is -2.15. The lowest BCUT2D eigenvalue weighted by Gasteiger charge is -2.04. The molecule has 2 heterocycles. The summed E-state index contributed by atoms with van der Waals surface area (Å²) >= 11 is 3.42. The summed E-state index contributed by atoms with van der Waals surface area (Å²) in [5.41, 5.74) is 3.68. The summed E-state index contributed by atoms with van der Waals surface area (Å²) in [4.78, 5) is 4.14. The molecule has 2 aromatic rings. The third kappa shape index (κ3) is 3.92. The van der Waals surface area contributed by atoms with E-state index in [2.05, 4.69) is 49.4 Å². The van der Waals surface area contributed by atoms with E-state index in [1.54, 1.807) is 6.20 Å². The van der Waals surface area contributed by atoms with Crippen molar-refractivity contribution in [2.45, 2.75) is 26.3 Å². The van der Waals surface area contributed by atoms with Crippen LogP contribution in [0.15, 0.2) is 29.1 Å². The van der Waals surface area contributed by atoms with Gasteiger partial charge in [-0.05, 0) is 59.4 Å². The summed E-state index contributed by atoms with van der Waals surface area (Å²) in [6.45, 7) is 3.91. The Bertz CT molecular complexity index is 495. The number of hydrogen-bond donors (Lipinski definition) is 2. The van der Waals surface area contributed by atoms with Crippen molar-refractivity contribution in [3.05, 3.63) is 46.0 Å². The van der Waals surface area contributed by atoms with Crippen molar-refractivity contribution < 1.29 is 0 Å². The molecule has 0 unspecified atom stereocenters. The highest BCUT2D eigenvalue weighted by Gasteiger charge is 1.99. The van der Waals surface area contributed by atoms with Crippen LogP contribution in [0.2, 0.25) is 0 Å². The number of hydrogen-bond acceptors (Lipinski definition) is 3. The van der Waals surface area contributed by atoms with Gasteiger partial charge >= 0.3 is 0 Å². The van der Waals surface area contributed by atoms with E-state index in [1.807, 2.05) is 12.4 Å². The quantitative estimate of drug-likeness (QED) is 0.807. The number of H-pyrrole nitrogens is 1. The first-order chi connectivity index (χ1) is 8.75. The van der Waals surface area contributed by atoms with Crippen LogP contribution in [0, 0.1) is 6.92 Å². The molecule has 0 spiro atoms. The monoisotopic (exact) mass is 308 g/mol. The second-order valence-corrected chi connectivity index (χ2v) is 5.23. The number of halogens is 1. The predicted octanol–water partition coefficient (Wildman–Crippen LogP) is 2.60. The van der Waals surface area contributed by atoms with Crippen LogP contribution in [-0.2, 0) is 13.0 Å². The van der Waals surface area contributed by atoms with Gasteiger partial charge in [-0.15, -0.1) is 0 Å². The maximum absolute atomic E-state index is 4.14. The number of aromatic nitrogens is 3. The Hall–Kier alpha value is -1.20. The standard InChI is InChI=1S/C13H17BrN4/c1-10-12(8-17-18-10)3-2-4-15-6-11-5-13(14)9-16-7-11/h5,7-9,15H,2-4,6H2,1H3,(H,17,18). The third-order valence-corrected chi connectivity index (χ3v) is 3.26. The Morgan fingerprint density at radius 2 is 2.22 bits per heavy atom. The van der Waals surface area contributed by atoms with Crippen LogP contribution in [0.25, 0.3) is 0 Å². The fourth-order valence-electron chi connectivity index (χ4n) is 1.82. The van der Waals surface area contributed by atoms with Crippen molar-refractivity contribution in [1.29, 1.82) is 0 Å². The molecule has 0 aliphatic heterocycles. The fraction of sp³-hybridized carbons (Fsp3) is 0.385. The lowest BCUT2D eigenvalue weighted by atomic mass is 10.1. The Kier molecular flexibility index (Phi) is 4.90. The zero-order chi connectivity index (χ0) is 12.8. The molecule has 4 nitrogen and oxygen atoms in total. The van der Waals surface area contributed by atoms with E-state index in [9.17, 15) is 0 Å². The Balaban J connectivity index is 1.66. The van der Waals surface area contributed by atoms with Gasteiger partial charge in [0.2, 0.25) is 0 Å². The van der Waals surface area contributed by atoms with Crippen molar-refractivity contribution in [3.8, 4) is 0 Å². The Morgan fingerprint density at radius 3 is 2.94 bits per heavy atom. The fourth-order valence-corrected chi connectivity index (χ4v) is 2.23. The zero-order valence-electron chi connectivity index (χ0n) is 10.4. The second-order valence-electron chi connectivity index (χ2n) is 4.31. The second kappa shape index (κ2) is 6.66. The molecule has 0 fully saturated rings. The number of rotatable bonds is 6. The Labute approximate surface area is 115 Å². The molecule has 2 aromatic heterocycles. The van der Waals surface area contributed by atoms with Crippen LogP contribution in [0.4, 0.5) is 0 Å². The van der Waals surface area contributed by atoms with Crippen molar-refractivity contribution in [2.75, 3.05) is 6.54 Å². The number of nitrogens with zero attached hydrogens (tertiary/aromatic N) is 2. The molecule has 0 radical (unpaired) electrons. The van der Waals surface area contributed by atoms with Crippen molar-refractivity contribution in [3.63, 3.8) is 0 Å². The minimum atomic E-state index is 0.858. The van der Waals surface area contributed by atoms with Gasteiger partial charge in [0.15, 0.2) is 0 Å². The highest BCUT2D eigenvalue weighted by Crippen LogP contribution is 2.09. The van der Waals surface area contributed by atoms with E-state index in [1.165, 1.54) is 16.8 Å². The molecular formula is C13H17BrN4. The van der Waals surface area contributed by atoms with Crippen LogP contribution >= 0.6 is 15.9 Å². The van der Waals surface area contributed by atoms with E-state index < -0.39 is 0 Å². The molecule has 0 amide bonds. The molecule has 0 aliphatic carbocycles. The average molecular weight is 309 g/mol. The van der Waals surface area contributed by atoms with Gasteiger partial charge in [0.05, 0.1) is 6.20 Å². The van der Waals surface area contributed by atoms with Crippen LogP contribution in [-0.4, -0.2) is 21.7 Å². The van der Waals surface area contributed by atoms with Crippen LogP contribution in [0.3, 0.4) is 0 Å². The first kappa shape index (κ1) is 13.2. The van der Waals surface area contributed by atoms with Gasteiger partial charge in [0.1, 0.15) is 0 Å².